The van der Waals surface area contributed by atoms with Gasteiger partial charge in [0.1, 0.15) is 0 Å². The van der Waals surface area contributed by atoms with E-state index in [2.05, 4.69) is 5.10 Å². The van der Waals surface area contributed by atoms with Crippen molar-refractivity contribution >= 4 is 11.9 Å². The average molecular weight is 343 g/mol. The number of aromatic nitrogens is 2. The Hall–Kier alpha value is -1.99. The van der Waals surface area contributed by atoms with Crippen molar-refractivity contribution in [1.29, 1.82) is 0 Å². The summed E-state index contributed by atoms with van der Waals surface area (Å²) < 4.78 is 26.4. The minimum atomic E-state index is -2.72. The topological polar surface area (TPSA) is 75.4 Å². The molecule has 1 amide bonds. The third-order valence-corrected chi connectivity index (χ3v) is 4.63. The standard InChI is InChI=1S/C16H23F2N3O3/c1-10-13(11(2)21(19-10)16(17)18)8-14(22)20-7-3-4-12(9-20)5-6-15(23)24/h12,16H,3-9H2,1-2H3,(H,23,24). The van der Waals surface area contributed by atoms with Gasteiger partial charge in [0, 0.05) is 30.8 Å². The average Bonchev–Trinajstić information content (AvgIpc) is 2.81. The number of piperidine rings is 1. The predicted molar refractivity (Wildman–Crippen MR) is 82.8 cm³/mol. The summed E-state index contributed by atoms with van der Waals surface area (Å²) in [7, 11) is 0. The number of alkyl halides is 2. The van der Waals surface area contributed by atoms with Crippen molar-refractivity contribution in [1.82, 2.24) is 14.7 Å². The van der Waals surface area contributed by atoms with Crippen LogP contribution in [0, 0.1) is 19.8 Å². The maximum atomic E-state index is 12.9. The van der Waals surface area contributed by atoms with Gasteiger partial charge in [-0.1, -0.05) is 0 Å². The molecule has 0 radical (unpaired) electrons. The molecule has 0 aromatic carbocycles. The largest absolute Gasteiger partial charge is 0.481 e. The van der Waals surface area contributed by atoms with E-state index >= 15 is 0 Å². The van der Waals surface area contributed by atoms with Crippen molar-refractivity contribution < 1.29 is 23.5 Å². The van der Waals surface area contributed by atoms with Crippen molar-refractivity contribution in [2.24, 2.45) is 5.92 Å². The van der Waals surface area contributed by atoms with Crippen molar-refractivity contribution in [3.8, 4) is 0 Å². The number of carboxylic acids is 1. The van der Waals surface area contributed by atoms with Gasteiger partial charge in [-0.05, 0) is 39.0 Å². The Kier molecular flexibility index (Phi) is 5.90. The fraction of sp³-hybridized carbons (Fsp3) is 0.688. The smallest absolute Gasteiger partial charge is 0.333 e. The normalized spacial score (nSPS) is 18.2. The Labute approximate surface area is 139 Å². The van der Waals surface area contributed by atoms with Crippen LogP contribution in [-0.2, 0) is 16.0 Å². The van der Waals surface area contributed by atoms with E-state index in [-0.39, 0.29) is 24.7 Å². The number of carbonyl (C=O) groups is 2. The Morgan fingerprint density at radius 3 is 2.67 bits per heavy atom. The monoisotopic (exact) mass is 343 g/mol. The number of nitrogens with zero attached hydrogens (tertiary/aromatic N) is 3. The lowest BCUT2D eigenvalue weighted by Gasteiger charge is -2.32. The van der Waals surface area contributed by atoms with E-state index in [0.29, 0.717) is 41.1 Å². The molecule has 1 aromatic rings. The van der Waals surface area contributed by atoms with Crippen molar-refractivity contribution in [3.05, 3.63) is 17.0 Å². The molecule has 1 unspecified atom stereocenters. The highest BCUT2D eigenvalue weighted by atomic mass is 19.3. The van der Waals surface area contributed by atoms with Crippen LogP contribution < -0.4 is 0 Å². The first kappa shape index (κ1) is 18.4. The SMILES string of the molecule is Cc1nn(C(F)F)c(C)c1CC(=O)N1CCCC(CCC(=O)O)C1. The lowest BCUT2D eigenvalue weighted by molar-refractivity contribution is -0.137. The molecule has 1 N–H and O–H groups in total. The van der Waals surface area contributed by atoms with Crippen LogP contribution in [-0.4, -0.2) is 44.8 Å². The molecule has 1 aliphatic heterocycles. The number of aryl methyl sites for hydroxylation is 1. The quantitative estimate of drug-likeness (QED) is 0.861. The highest BCUT2D eigenvalue weighted by Gasteiger charge is 2.26. The van der Waals surface area contributed by atoms with Gasteiger partial charge >= 0.3 is 12.5 Å². The molecule has 1 fully saturated rings. The van der Waals surface area contributed by atoms with Gasteiger partial charge in [-0.2, -0.15) is 13.9 Å². The molecule has 0 spiro atoms. The molecule has 1 saturated heterocycles. The third kappa shape index (κ3) is 4.30. The number of halogens is 2. The lowest BCUT2D eigenvalue weighted by Crippen LogP contribution is -2.41. The summed E-state index contributed by atoms with van der Waals surface area (Å²) >= 11 is 0. The highest BCUT2D eigenvalue weighted by Crippen LogP contribution is 2.24. The molecular formula is C16H23F2N3O3. The fourth-order valence-corrected chi connectivity index (χ4v) is 3.26. The van der Waals surface area contributed by atoms with Gasteiger partial charge in [-0.15, -0.1) is 0 Å². The molecule has 6 nitrogen and oxygen atoms in total. The Bertz CT molecular complexity index is 616. The summed E-state index contributed by atoms with van der Waals surface area (Å²) in [5.74, 6) is -0.760. The molecule has 0 saturated carbocycles. The van der Waals surface area contributed by atoms with Crippen LogP contribution in [0.2, 0.25) is 0 Å². The number of likely N-dealkylation sites (tertiary alicyclic amines) is 1. The Morgan fingerprint density at radius 2 is 2.08 bits per heavy atom. The first-order chi connectivity index (χ1) is 11.3. The van der Waals surface area contributed by atoms with Gasteiger partial charge in [0.15, 0.2) is 0 Å². The summed E-state index contributed by atoms with van der Waals surface area (Å²) in [5.41, 5.74) is 1.31. The van der Waals surface area contributed by atoms with Crippen LogP contribution in [0.1, 0.15) is 49.2 Å². The molecule has 1 aliphatic rings. The first-order valence-corrected chi connectivity index (χ1v) is 8.12. The zero-order valence-electron chi connectivity index (χ0n) is 14.0. The lowest BCUT2D eigenvalue weighted by atomic mass is 9.93. The van der Waals surface area contributed by atoms with Crippen molar-refractivity contribution in [2.45, 2.75) is 52.5 Å². The number of hydrogen-bond acceptors (Lipinski definition) is 3. The van der Waals surface area contributed by atoms with Crippen LogP contribution in [0.25, 0.3) is 0 Å². The second-order valence-electron chi connectivity index (χ2n) is 6.33. The number of amides is 1. The first-order valence-electron chi connectivity index (χ1n) is 8.12. The van der Waals surface area contributed by atoms with E-state index in [1.54, 1.807) is 18.7 Å². The second-order valence-corrected chi connectivity index (χ2v) is 6.33. The molecule has 2 rings (SSSR count). The minimum Gasteiger partial charge on any atom is -0.481 e. The van der Waals surface area contributed by atoms with Crippen LogP contribution in [0.4, 0.5) is 8.78 Å². The van der Waals surface area contributed by atoms with Crippen LogP contribution in [0.5, 0.6) is 0 Å². The van der Waals surface area contributed by atoms with E-state index in [0.717, 1.165) is 12.8 Å². The van der Waals surface area contributed by atoms with Gasteiger partial charge in [0.05, 0.1) is 12.1 Å². The van der Waals surface area contributed by atoms with E-state index in [1.807, 2.05) is 0 Å². The number of aliphatic carboxylic acids is 1. The van der Waals surface area contributed by atoms with Crippen LogP contribution in [0.15, 0.2) is 0 Å². The Balaban J connectivity index is 2.00. The maximum Gasteiger partial charge on any atom is 0.333 e. The van der Waals surface area contributed by atoms with Gasteiger partial charge in [-0.25, -0.2) is 4.68 Å². The molecule has 2 heterocycles. The molecular weight excluding hydrogens is 320 g/mol. The molecule has 0 aliphatic carbocycles. The number of carbonyl (C=O) groups excluding carboxylic acids is 1. The Morgan fingerprint density at radius 1 is 1.38 bits per heavy atom. The summed E-state index contributed by atoms with van der Waals surface area (Å²) in [4.78, 5) is 24.9. The van der Waals surface area contributed by atoms with Gasteiger partial charge in [0.2, 0.25) is 5.91 Å². The molecule has 24 heavy (non-hydrogen) atoms. The molecule has 8 heteroatoms. The van der Waals surface area contributed by atoms with E-state index < -0.39 is 12.5 Å². The van der Waals surface area contributed by atoms with Gasteiger partial charge in [-0.3, -0.25) is 9.59 Å². The molecule has 1 aromatic heterocycles. The van der Waals surface area contributed by atoms with Crippen molar-refractivity contribution in [3.63, 3.8) is 0 Å². The molecule has 0 bridgehead atoms. The predicted octanol–water partition coefficient (Wildman–Crippen LogP) is 2.54. The second kappa shape index (κ2) is 7.72. The summed E-state index contributed by atoms with van der Waals surface area (Å²) in [6.07, 6.45) is 2.46. The van der Waals surface area contributed by atoms with Gasteiger partial charge < -0.3 is 10.0 Å². The maximum absolute atomic E-state index is 12.9. The highest BCUT2D eigenvalue weighted by molar-refractivity contribution is 5.79. The number of rotatable bonds is 6. The third-order valence-electron chi connectivity index (χ3n) is 4.63. The summed E-state index contributed by atoms with van der Waals surface area (Å²) in [6, 6.07) is 0. The van der Waals surface area contributed by atoms with Gasteiger partial charge in [0.25, 0.3) is 0 Å². The fourth-order valence-electron chi connectivity index (χ4n) is 3.26. The zero-order chi connectivity index (χ0) is 17.9. The number of carboxylic acid groups (broad SMARTS) is 1. The molecule has 134 valence electrons. The minimum absolute atomic E-state index is 0.0516. The van der Waals surface area contributed by atoms with E-state index in [4.69, 9.17) is 5.11 Å². The van der Waals surface area contributed by atoms with Crippen LogP contribution in [0.3, 0.4) is 0 Å². The zero-order valence-corrected chi connectivity index (χ0v) is 14.0. The summed E-state index contributed by atoms with van der Waals surface area (Å²) in [6.45, 7) is 1.61. The van der Waals surface area contributed by atoms with Crippen LogP contribution >= 0.6 is 0 Å². The van der Waals surface area contributed by atoms with E-state index in [9.17, 15) is 18.4 Å². The van der Waals surface area contributed by atoms with Crippen molar-refractivity contribution in [2.75, 3.05) is 13.1 Å². The van der Waals surface area contributed by atoms with E-state index in [1.165, 1.54) is 0 Å². The number of hydrogen-bond donors (Lipinski definition) is 1. The summed E-state index contributed by atoms with van der Waals surface area (Å²) in [5, 5.41) is 12.6. The molecule has 1 atom stereocenters.